The molecule has 8 heteroatoms. The molecule has 1 atom stereocenters. The van der Waals surface area contributed by atoms with Gasteiger partial charge in [-0.3, -0.25) is 4.79 Å². The minimum atomic E-state index is -4.40. The van der Waals surface area contributed by atoms with E-state index in [1.54, 1.807) is 30.2 Å². The fraction of sp³-hybridized carbons (Fsp3) is 0.333. The lowest BCUT2D eigenvalue weighted by Crippen LogP contribution is -2.29. The number of likely N-dealkylation sites (tertiary alicyclic amines) is 1. The number of nitrogens with zero attached hydrogens (tertiary/aromatic N) is 2. The average molecular weight is 404 g/mol. The van der Waals surface area contributed by atoms with Gasteiger partial charge in [0.15, 0.2) is 5.58 Å². The van der Waals surface area contributed by atoms with Gasteiger partial charge in [0.25, 0.3) is 5.91 Å². The number of alkyl halides is 3. The van der Waals surface area contributed by atoms with Crippen molar-refractivity contribution < 1.29 is 27.1 Å². The molecule has 1 aromatic heterocycles. The number of carbonyl (C=O) groups is 1. The van der Waals surface area contributed by atoms with Gasteiger partial charge in [0.1, 0.15) is 5.52 Å². The van der Waals surface area contributed by atoms with E-state index in [-0.39, 0.29) is 11.8 Å². The number of aromatic nitrogens is 1. The van der Waals surface area contributed by atoms with Gasteiger partial charge in [0.05, 0.1) is 12.2 Å². The van der Waals surface area contributed by atoms with E-state index >= 15 is 0 Å². The third-order valence-corrected chi connectivity index (χ3v) is 5.07. The molecule has 5 nitrogen and oxygen atoms in total. The zero-order valence-corrected chi connectivity index (χ0v) is 15.7. The highest BCUT2D eigenvalue weighted by atomic mass is 19.4. The summed E-state index contributed by atoms with van der Waals surface area (Å²) in [5.74, 6) is 0.468. The van der Waals surface area contributed by atoms with Crippen LogP contribution in [0.15, 0.2) is 46.9 Å². The van der Waals surface area contributed by atoms with Crippen molar-refractivity contribution in [2.75, 3.05) is 26.8 Å². The molecular weight excluding hydrogens is 385 g/mol. The first-order valence-corrected chi connectivity index (χ1v) is 9.21. The molecule has 2 aromatic carbocycles. The van der Waals surface area contributed by atoms with Crippen molar-refractivity contribution in [2.45, 2.75) is 12.6 Å². The topological polar surface area (TPSA) is 55.6 Å². The zero-order valence-electron chi connectivity index (χ0n) is 15.7. The lowest BCUT2D eigenvalue weighted by Gasteiger charge is -2.16. The number of halogens is 3. The summed E-state index contributed by atoms with van der Waals surface area (Å²) in [6.45, 7) is 1.96. The van der Waals surface area contributed by atoms with Crippen LogP contribution in [0, 0.1) is 5.92 Å². The van der Waals surface area contributed by atoms with Crippen molar-refractivity contribution in [1.29, 1.82) is 0 Å². The second-order valence-corrected chi connectivity index (χ2v) is 7.14. The van der Waals surface area contributed by atoms with Crippen LogP contribution in [0.3, 0.4) is 0 Å². The molecule has 0 saturated carbocycles. The van der Waals surface area contributed by atoms with Crippen molar-refractivity contribution in [2.24, 2.45) is 5.92 Å². The maximum absolute atomic E-state index is 12.8. The highest BCUT2D eigenvalue weighted by molar-refractivity contribution is 5.97. The summed E-state index contributed by atoms with van der Waals surface area (Å²) in [4.78, 5) is 18.9. The fourth-order valence-electron chi connectivity index (χ4n) is 3.56. The molecule has 3 aromatic rings. The van der Waals surface area contributed by atoms with Gasteiger partial charge >= 0.3 is 6.18 Å². The van der Waals surface area contributed by atoms with Gasteiger partial charge in [-0.1, -0.05) is 0 Å². The summed E-state index contributed by atoms with van der Waals surface area (Å²) < 4.78 is 49.0. The highest BCUT2D eigenvalue weighted by Crippen LogP contribution is 2.32. The summed E-state index contributed by atoms with van der Waals surface area (Å²) in [7, 11) is 1.65. The van der Waals surface area contributed by atoms with Gasteiger partial charge in [-0.15, -0.1) is 0 Å². The number of ether oxygens (including phenoxy) is 1. The number of benzene rings is 2. The Hall–Kier alpha value is -2.87. The van der Waals surface area contributed by atoms with Crippen molar-refractivity contribution in [3.8, 4) is 11.5 Å². The molecule has 1 aliphatic rings. The van der Waals surface area contributed by atoms with Gasteiger partial charge in [-0.2, -0.15) is 13.2 Å². The SMILES string of the molecule is COC[C@@H]1CCN(C(=O)c2ccc3oc(-c4ccc(C(F)(F)F)cc4)nc3c2)C1. The number of hydrogen-bond acceptors (Lipinski definition) is 4. The highest BCUT2D eigenvalue weighted by Gasteiger charge is 2.30. The fourth-order valence-corrected chi connectivity index (χ4v) is 3.56. The molecule has 152 valence electrons. The van der Waals surface area contributed by atoms with E-state index in [1.165, 1.54) is 12.1 Å². The Labute approximate surface area is 165 Å². The number of methoxy groups -OCH3 is 1. The van der Waals surface area contributed by atoms with E-state index in [2.05, 4.69) is 4.98 Å². The molecular formula is C21H19F3N2O3. The van der Waals surface area contributed by atoms with E-state index in [0.29, 0.717) is 47.8 Å². The molecule has 0 N–H and O–H groups in total. The van der Waals surface area contributed by atoms with E-state index in [4.69, 9.17) is 9.15 Å². The number of oxazole rings is 1. The number of hydrogen-bond donors (Lipinski definition) is 0. The van der Waals surface area contributed by atoms with Crippen molar-refractivity contribution in [3.63, 3.8) is 0 Å². The van der Waals surface area contributed by atoms with Gasteiger partial charge in [-0.05, 0) is 48.9 Å². The van der Waals surface area contributed by atoms with Crippen molar-refractivity contribution in [1.82, 2.24) is 9.88 Å². The van der Waals surface area contributed by atoms with Crippen LogP contribution < -0.4 is 0 Å². The third kappa shape index (κ3) is 3.98. The second kappa shape index (κ2) is 7.51. The Morgan fingerprint density at radius 3 is 2.69 bits per heavy atom. The zero-order chi connectivity index (χ0) is 20.6. The maximum atomic E-state index is 12.8. The maximum Gasteiger partial charge on any atom is 0.416 e. The Morgan fingerprint density at radius 2 is 2.00 bits per heavy atom. The molecule has 0 unspecified atom stereocenters. The molecule has 0 radical (unpaired) electrons. The molecule has 1 aliphatic heterocycles. The molecule has 4 rings (SSSR count). The Balaban J connectivity index is 1.56. The third-order valence-electron chi connectivity index (χ3n) is 5.07. The number of rotatable bonds is 4. The quantitative estimate of drug-likeness (QED) is 0.637. The van der Waals surface area contributed by atoms with E-state index in [0.717, 1.165) is 18.6 Å². The molecule has 0 aliphatic carbocycles. The second-order valence-electron chi connectivity index (χ2n) is 7.14. The lowest BCUT2D eigenvalue weighted by molar-refractivity contribution is -0.137. The predicted octanol–water partition coefficient (Wildman–Crippen LogP) is 4.62. The number of fused-ring (bicyclic) bond motifs is 1. The van der Waals surface area contributed by atoms with E-state index < -0.39 is 11.7 Å². The summed E-state index contributed by atoms with van der Waals surface area (Å²) in [6.07, 6.45) is -3.49. The van der Waals surface area contributed by atoms with Crippen molar-refractivity contribution >= 4 is 17.0 Å². The molecule has 1 fully saturated rings. The molecule has 1 amide bonds. The number of amides is 1. The van der Waals surface area contributed by atoms with Gasteiger partial charge in [0.2, 0.25) is 5.89 Å². The Bertz CT molecular complexity index is 1030. The van der Waals surface area contributed by atoms with Crippen LogP contribution in [0.2, 0.25) is 0 Å². The molecule has 0 spiro atoms. The van der Waals surface area contributed by atoms with Gasteiger partial charge < -0.3 is 14.1 Å². The van der Waals surface area contributed by atoms with Crippen LogP contribution in [0.1, 0.15) is 22.3 Å². The minimum Gasteiger partial charge on any atom is -0.436 e. The van der Waals surface area contributed by atoms with E-state index in [9.17, 15) is 18.0 Å². The van der Waals surface area contributed by atoms with Crippen LogP contribution in [0.25, 0.3) is 22.6 Å². The van der Waals surface area contributed by atoms with Crippen LogP contribution in [-0.4, -0.2) is 42.6 Å². The van der Waals surface area contributed by atoms with E-state index in [1.807, 2.05) is 0 Å². The lowest BCUT2D eigenvalue weighted by atomic mass is 10.1. The average Bonchev–Trinajstić information content (AvgIpc) is 3.33. The largest absolute Gasteiger partial charge is 0.436 e. The minimum absolute atomic E-state index is 0.0791. The first-order valence-electron chi connectivity index (χ1n) is 9.21. The standard InChI is InChI=1S/C21H19F3N2O3/c1-28-12-13-8-9-26(11-13)20(27)15-4-7-18-17(10-15)25-19(29-18)14-2-5-16(6-3-14)21(22,23)24/h2-7,10,13H,8-9,11-12H2,1H3/t13-/m1/s1. The summed E-state index contributed by atoms with van der Waals surface area (Å²) >= 11 is 0. The van der Waals surface area contributed by atoms with Crippen LogP contribution in [0.5, 0.6) is 0 Å². The predicted molar refractivity (Wildman–Crippen MR) is 100 cm³/mol. The van der Waals surface area contributed by atoms with Gasteiger partial charge in [-0.25, -0.2) is 4.98 Å². The van der Waals surface area contributed by atoms with Crippen LogP contribution in [0.4, 0.5) is 13.2 Å². The summed E-state index contributed by atoms with van der Waals surface area (Å²) in [6, 6.07) is 9.60. The monoisotopic (exact) mass is 404 g/mol. The molecule has 0 bridgehead atoms. The number of carbonyl (C=O) groups excluding carboxylic acids is 1. The van der Waals surface area contributed by atoms with Crippen LogP contribution >= 0.6 is 0 Å². The molecule has 29 heavy (non-hydrogen) atoms. The Morgan fingerprint density at radius 1 is 1.24 bits per heavy atom. The summed E-state index contributed by atoms with van der Waals surface area (Å²) in [5, 5.41) is 0. The normalized spacial score (nSPS) is 17.2. The Kier molecular flexibility index (Phi) is 5.04. The van der Waals surface area contributed by atoms with Gasteiger partial charge in [0, 0.05) is 37.2 Å². The molecule has 2 heterocycles. The first-order chi connectivity index (χ1) is 13.8. The summed E-state index contributed by atoms with van der Waals surface area (Å²) in [5.41, 5.74) is 1.16. The van der Waals surface area contributed by atoms with Crippen molar-refractivity contribution in [3.05, 3.63) is 53.6 Å². The van der Waals surface area contributed by atoms with Crippen LogP contribution in [-0.2, 0) is 10.9 Å². The first kappa shape index (κ1) is 19.4. The smallest absolute Gasteiger partial charge is 0.416 e. The molecule has 1 saturated heterocycles.